The third kappa shape index (κ3) is 15.9. The maximum absolute atomic E-state index is 14.6. The summed E-state index contributed by atoms with van der Waals surface area (Å²) >= 11 is 1.19. The van der Waals surface area contributed by atoms with Crippen molar-refractivity contribution in [1.82, 2.24) is 30.3 Å². The van der Waals surface area contributed by atoms with Gasteiger partial charge < -0.3 is 25.0 Å². The molecule has 0 radical (unpaired) electrons. The molecule has 358 valence electrons. The number of imide groups is 1. The van der Waals surface area contributed by atoms with Crippen LogP contribution in [-0.2, 0) is 44.7 Å². The standard InChI is InChI=1S/C49H72N6O9S/c1-9-33(5)44(52-46(60)39-22-16-19-26-54(39)25-17-11-12-18-27-55-42(57)23-24-43(55)58)48(61)53(8)40(32(3)4)30-41(64-35(7)56)47-51-38(31-65-47)45(59)50-37(28-34(6)49(62)63-10-2)29-36-20-14-13-15-21-36/h13-15,20-21,23-24,31-34,37,39-41,44H,9-12,16-19,22,25-30H2,1-8H3,(H,50,59)(H,52,60)/t33-,34-,37+,39+,40+,41+,44-/m0/s1. The van der Waals surface area contributed by atoms with Gasteiger partial charge in [-0.25, -0.2) is 4.98 Å². The second-order valence-electron chi connectivity index (χ2n) is 17.9. The van der Waals surface area contributed by atoms with Crippen LogP contribution in [0.4, 0.5) is 0 Å². The van der Waals surface area contributed by atoms with Crippen LogP contribution in [0.5, 0.6) is 0 Å². The number of aromatic nitrogens is 1. The summed E-state index contributed by atoms with van der Waals surface area (Å²) in [5, 5.41) is 8.27. The van der Waals surface area contributed by atoms with Gasteiger partial charge in [-0.1, -0.05) is 90.6 Å². The Hall–Kier alpha value is -4.96. The van der Waals surface area contributed by atoms with E-state index in [1.54, 1.807) is 31.2 Å². The first-order valence-electron chi connectivity index (χ1n) is 23.5. The highest BCUT2D eigenvalue weighted by atomic mass is 32.1. The molecule has 5 amide bonds. The molecule has 2 N–H and O–H groups in total. The van der Waals surface area contributed by atoms with E-state index < -0.39 is 42.0 Å². The number of thiazole rings is 1. The Labute approximate surface area is 389 Å². The van der Waals surface area contributed by atoms with Crippen LogP contribution in [0.25, 0.3) is 0 Å². The van der Waals surface area contributed by atoms with Crippen LogP contribution in [0.3, 0.4) is 0 Å². The predicted octanol–water partition coefficient (Wildman–Crippen LogP) is 6.42. The Kier molecular flexibility index (Phi) is 21.3. The van der Waals surface area contributed by atoms with Gasteiger partial charge in [-0.3, -0.25) is 43.4 Å². The fourth-order valence-corrected chi connectivity index (χ4v) is 9.50. The zero-order chi connectivity index (χ0) is 47.6. The normalized spacial score (nSPS) is 18.1. The molecular formula is C49H72N6O9S. The minimum Gasteiger partial charge on any atom is -0.466 e. The minimum atomic E-state index is -0.861. The highest BCUT2D eigenvalue weighted by Gasteiger charge is 2.38. The summed E-state index contributed by atoms with van der Waals surface area (Å²) in [7, 11) is 1.73. The molecule has 1 fully saturated rings. The molecule has 3 heterocycles. The van der Waals surface area contributed by atoms with E-state index in [2.05, 4.69) is 20.5 Å². The number of rotatable bonds is 26. The summed E-state index contributed by atoms with van der Waals surface area (Å²) < 4.78 is 11.1. The van der Waals surface area contributed by atoms with Gasteiger partial charge in [0, 0.05) is 56.6 Å². The van der Waals surface area contributed by atoms with Gasteiger partial charge in [0.15, 0.2) is 6.10 Å². The summed E-state index contributed by atoms with van der Waals surface area (Å²) in [6, 6.07) is 7.72. The fourth-order valence-electron chi connectivity index (χ4n) is 8.66. The Morgan fingerprint density at radius 3 is 2.22 bits per heavy atom. The number of benzene rings is 1. The summed E-state index contributed by atoms with van der Waals surface area (Å²) in [5.74, 6) is -2.92. The van der Waals surface area contributed by atoms with Gasteiger partial charge >= 0.3 is 11.9 Å². The van der Waals surface area contributed by atoms with E-state index in [4.69, 9.17) is 9.47 Å². The van der Waals surface area contributed by atoms with E-state index in [9.17, 15) is 33.6 Å². The quantitative estimate of drug-likeness (QED) is 0.0603. The third-order valence-electron chi connectivity index (χ3n) is 12.6. The van der Waals surface area contributed by atoms with Gasteiger partial charge in [0.2, 0.25) is 11.8 Å². The number of nitrogens with one attached hydrogen (secondary N) is 2. The van der Waals surface area contributed by atoms with E-state index in [0.717, 1.165) is 57.2 Å². The van der Waals surface area contributed by atoms with Crippen LogP contribution in [-0.4, -0.2) is 119 Å². The predicted molar refractivity (Wildman–Crippen MR) is 249 cm³/mol. The lowest BCUT2D eigenvalue weighted by Gasteiger charge is -2.39. The maximum Gasteiger partial charge on any atom is 0.308 e. The van der Waals surface area contributed by atoms with Crippen molar-refractivity contribution in [2.24, 2.45) is 17.8 Å². The number of amides is 5. The molecule has 7 atom stereocenters. The molecule has 15 nitrogen and oxygen atoms in total. The second-order valence-corrected chi connectivity index (χ2v) is 18.8. The minimum absolute atomic E-state index is 0.0833. The Morgan fingerprint density at radius 1 is 0.908 bits per heavy atom. The highest BCUT2D eigenvalue weighted by Crippen LogP contribution is 2.31. The van der Waals surface area contributed by atoms with Crippen LogP contribution in [0.15, 0.2) is 47.9 Å². The van der Waals surface area contributed by atoms with Crippen LogP contribution < -0.4 is 10.6 Å². The lowest BCUT2D eigenvalue weighted by Crippen LogP contribution is -2.58. The molecule has 2 aromatic rings. The number of ether oxygens (including phenoxy) is 2. The van der Waals surface area contributed by atoms with Crippen LogP contribution >= 0.6 is 11.3 Å². The monoisotopic (exact) mass is 921 g/mol. The van der Waals surface area contributed by atoms with Crippen molar-refractivity contribution in [2.75, 3.05) is 33.3 Å². The molecule has 0 spiro atoms. The van der Waals surface area contributed by atoms with Crippen LogP contribution in [0, 0.1) is 17.8 Å². The number of carbonyl (C=O) groups excluding carboxylic acids is 7. The summed E-state index contributed by atoms with van der Waals surface area (Å²) in [6.45, 7) is 15.0. The smallest absolute Gasteiger partial charge is 0.308 e. The molecule has 1 aromatic carbocycles. The molecule has 0 bridgehead atoms. The topological polar surface area (TPSA) is 185 Å². The number of piperidine rings is 1. The number of esters is 2. The Morgan fingerprint density at radius 2 is 1.58 bits per heavy atom. The van der Waals surface area contributed by atoms with Gasteiger partial charge in [-0.2, -0.15) is 0 Å². The van der Waals surface area contributed by atoms with E-state index in [1.807, 2.05) is 58.0 Å². The molecule has 1 aromatic heterocycles. The van der Waals surface area contributed by atoms with Gasteiger partial charge in [0.25, 0.3) is 17.7 Å². The molecular weight excluding hydrogens is 849 g/mol. The first kappa shape index (κ1) is 52.7. The molecule has 1 saturated heterocycles. The number of hydrogen-bond acceptors (Lipinski definition) is 12. The lowest BCUT2D eigenvalue weighted by molar-refractivity contribution is -0.149. The maximum atomic E-state index is 14.6. The number of carbonyl (C=O) groups is 7. The van der Waals surface area contributed by atoms with Gasteiger partial charge in [0.1, 0.15) is 16.7 Å². The molecule has 2 aliphatic rings. The number of nitrogens with zero attached hydrogens (tertiary/aromatic N) is 4. The molecule has 0 unspecified atom stereocenters. The fraction of sp³-hybridized carbons (Fsp3) is 0.633. The van der Waals surface area contributed by atoms with Crippen molar-refractivity contribution in [2.45, 2.75) is 149 Å². The zero-order valence-corrected chi connectivity index (χ0v) is 40.5. The van der Waals surface area contributed by atoms with Gasteiger partial charge in [0.05, 0.1) is 18.6 Å². The number of unbranched alkanes of at least 4 members (excludes halogenated alkanes) is 3. The molecule has 0 saturated carbocycles. The lowest BCUT2D eigenvalue weighted by atomic mass is 9.92. The number of likely N-dealkylation sites (tertiary alicyclic amines) is 1. The molecule has 4 rings (SSSR count). The van der Waals surface area contributed by atoms with Crippen molar-refractivity contribution in [3.8, 4) is 0 Å². The van der Waals surface area contributed by atoms with Crippen molar-refractivity contribution in [3.63, 3.8) is 0 Å². The SMILES string of the molecule is CCOC(=O)[C@@H](C)C[C@H](Cc1ccccc1)NC(=O)c1csc([C@@H](C[C@H](C(C)C)N(C)C(=O)[C@@H](NC(=O)[C@H]2CCCCN2CCCCCCN2C(=O)C=CC2=O)[C@@H](C)CC)OC(C)=O)n1. The van der Waals surface area contributed by atoms with E-state index in [1.165, 1.54) is 35.3 Å². The second kappa shape index (κ2) is 26.3. The third-order valence-corrected chi connectivity index (χ3v) is 13.5. The number of likely N-dealkylation sites (N-methyl/N-ethyl adjacent to an activating group) is 1. The largest absolute Gasteiger partial charge is 0.466 e. The van der Waals surface area contributed by atoms with E-state index in [-0.39, 0.29) is 66.2 Å². The zero-order valence-electron chi connectivity index (χ0n) is 39.7. The van der Waals surface area contributed by atoms with Crippen molar-refractivity contribution >= 4 is 52.8 Å². The van der Waals surface area contributed by atoms with E-state index in [0.29, 0.717) is 37.2 Å². The van der Waals surface area contributed by atoms with Crippen molar-refractivity contribution in [1.29, 1.82) is 0 Å². The van der Waals surface area contributed by atoms with Crippen molar-refractivity contribution in [3.05, 3.63) is 64.1 Å². The average molecular weight is 921 g/mol. The van der Waals surface area contributed by atoms with Gasteiger partial charge in [-0.05, 0) is 75.9 Å². The van der Waals surface area contributed by atoms with Crippen molar-refractivity contribution < 1.29 is 43.0 Å². The molecule has 16 heteroatoms. The number of hydrogen-bond donors (Lipinski definition) is 2. The molecule has 0 aliphatic carbocycles. The van der Waals surface area contributed by atoms with E-state index >= 15 is 0 Å². The molecule has 2 aliphatic heterocycles. The summed E-state index contributed by atoms with van der Waals surface area (Å²) in [6.07, 6.45) is 9.43. The first-order valence-corrected chi connectivity index (χ1v) is 24.4. The Bertz CT molecular complexity index is 1920. The van der Waals surface area contributed by atoms with Gasteiger partial charge in [-0.15, -0.1) is 11.3 Å². The Balaban J connectivity index is 1.43. The highest BCUT2D eigenvalue weighted by molar-refractivity contribution is 7.09. The van der Waals surface area contributed by atoms with Crippen LogP contribution in [0.1, 0.15) is 140 Å². The van der Waals surface area contributed by atoms with Crippen LogP contribution in [0.2, 0.25) is 0 Å². The molecule has 65 heavy (non-hydrogen) atoms. The summed E-state index contributed by atoms with van der Waals surface area (Å²) in [4.78, 5) is 101. The average Bonchev–Trinajstić information content (AvgIpc) is 3.91. The summed E-state index contributed by atoms with van der Waals surface area (Å²) in [5.41, 5.74) is 1.15. The first-order chi connectivity index (χ1) is 31.0.